The Balaban J connectivity index is 2.18. The van der Waals surface area contributed by atoms with Gasteiger partial charge in [-0.2, -0.15) is 0 Å². The lowest BCUT2D eigenvalue weighted by Gasteiger charge is -2.31. The molecule has 2 unspecified atom stereocenters. The van der Waals surface area contributed by atoms with Crippen molar-refractivity contribution in [2.24, 2.45) is 11.7 Å². The van der Waals surface area contributed by atoms with Crippen LogP contribution in [0.5, 0.6) is 0 Å². The highest BCUT2D eigenvalue weighted by Gasteiger charge is 2.25. The van der Waals surface area contributed by atoms with Crippen LogP contribution >= 0.6 is 0 Å². The van der Waals surface area contributed by atoms with Gasteiger partial charge in [0.2, 0.25) is 0 Å². The lowest BCUT2D eigenvalue weighted by molar-refractivity contribution is 0.314. The molecule has 1 saturated carbocycles. The van der Waals surface area contributed by atoms with E-state index in [9.17, 15) is 0 Å². The molecule has 0 amide bonds. The highest BCUT2D eigenvalue weighted by atomic mass is 14.6. The van der Waals surface area contributed by atoms with E-state index in [0.717, 1.165) is 6.54 Å². The van der Waals surface area contributed by atoms with Crippen molar-refractivity contribution < 1.29 is 0 Å². The van der Waals surface area contributed by atoms with Crippen LogP contribution in [0.2, 0.25) is 0 Å². The normalized spacial score (nSPS) is 25.1. The SMILES string of the molecule is CC(C)(C)c1ccc(C2CCCCC2CN)cc1. The van der Waals surface area contributed by atoms with Gasteiger partial charge in [0.25, 0.3) is 0 Å². The molecule has 1 aromatic rings. The van der Waals surface area contributed by atoms with E-state index >= 15 is 0 Å². The Hall–Kier alpha value is -0.820. The average Bonchev–Trinajstić information content (AvgIpc) is 2.38. The largest absolute Gasteiger partial charge is 0.330 e. The molecule has 1 aliphatic carbocycles. The van der Waals surface area contributed by atoms with E-state index in [2.05, 4.69) is 45.0 Å². The molecule has 1 fully saturated rings. The first-order valence-corrected chi connectivity index (χ1v) is 7.33. The third-order valence-corrected chi connectivity index (χ3v) is 4.42. The van der Waals surface area contributed by atoms with Gasteiger partial charge in [-0.05, 0) is 47.8 Å². The summed E-state index contributed by atoms with van der Waals surface area (Å²) in [6.07, 6.45) is 5.35. The molecular formula is C17H27N. The van der Waals surface area contributed by atoms with Gasteiger partial charge >= 0.3 is 0 Å². The van der Waals surface area contributed by atoms with Gasteiger partial charge in [0.05, 0.1) is 0 Å². The highest BCUT2D eigenvalue weighted by Crippen LogP contribution is 2.37. The van der Waals surface area contributed by atoms with Crippen LogP contribution in [-0.4, -0.2) is 6.54 Å². The van der Waals surface area contributed by atoms with Crippen LogP contribution in [0, 0.1) is 5.92 Å². The summed E-state index contributed by atoms with van der Waals surface area (Å²) < 4.78 is 0. The van der Waals surface area contributed by atoms with E-state index in [1.807, 2.05) is 0 Å². The highest BCUT2D eigenvalue weighted by molar-refractivity contribution is 5.30. The lowest BCUT2D eigenvalue weighted by atomic mass is 9.75. The van der Waals surface area contributed by atoms with Gasteiger partial charge < -0.3 is 5.73 Å². The van der Waals surface area contributed by atoms with Crippen LogP contribution in [0.25, 0.3) is 0 Å². The molecule has 0 aliphatic heterocycles. The summed E-state index contributed by atoms with van der Waals surface area (Å²) in [4.78, 5) is 0. The summed E-state index contributed by atoms with van der Waals surface area (Å²) in [6.45, 7) is 7.65. The molecule has 1 nitrogen and oxygen atoms in total. The van der Waals surface area contributed by atoms with Crippen molar-refractivity contribution in [3.63, 3.8) is 0 Å². The minimum atomic E-state index is 0.248. The first-order chi connectivity index (χ1) is 8.52. The maximum atomic E-state index is 5.93. The standard InChI is InChI=1S/C17H27N/c1-17(2,3)15-10-8-13(9-11-15)16-7-5-4-6-14(16)12-18/h8-11,14,16H,4-7,12,18H2,1-3H3. The van der Waals surface area contributed by atoms with Crippen LogP contribution in [0.15, 0.2) is 24.3 Å². The average molecular weight is 245 g/mol. The summed E-state index contributed by atoms with van der Waals surface area (Å²) in [5, 5.41) is 0. The number of benzene rings is 1. The van der Waals surface area contributed by atoms with Crippen molar-refractivity contribution in [2.75, 3.05) is 6.54 Å². The monoisotopic (exact) mass is 245 g/mol. The van der Waals surface area contributed by atoms with Crippen molar-refractivity contribution in [3.05, 3.63) is 35.4 Å². The molecule has 18 heavy (non-hydrogen) atoms. The van der Waals surface area contributed by atoms with Crippen molar-refractivity contribution in [1.82, 2.24) is 0 Å². The zero-order chi connectivity index (χ0) is 13.2. The number of hydrogen-bond acceptors (Lipinski definition) is 1. The summed E-state index contributed by atoms with van der Waals surface area (Å²) in [6, 6.07) is 9.27. The Morgan fingerprint density at radius 2 is 1.67 bits per heavy atom. The zero-order valence-corrected chi connectivity index (χ0v) is 12.1. The van der Waals surface area contributed by atoms with Crippen LogP contribution in [0.4, 0.5) is 0 Å². The van der Waals surface area contributed by atoms with Crippen LogP contribution in [-0.2, 0) is 5.41 Å². The van der Waals surface area contributed by atoms with Crippen LogP contribution < -0.4 is 5.73 Å². The molecule has 1 aromatic carbocycles. The molecule has 0 heterocycles. The van der Waals surface area contributed by atoms with Gasteiger partial charge in [0.15, 0.2) is 0 Å². The summed E-state index contributed by atoms with van der Waals surface area (Å²) in [5.74, 6) is 1.39. The number of nitrogens with two attached hydrogens (primary N) is 1. The van der Waals surface area contributed by atoms with Gasteiger partial charge in [0.1, 0.15) is 0 Å². The second kappa shape index (κ2) is 5.44. The fraction of sp³-hybridized carbons (Fsp3) is 0.647. The second-order valence-corrected chi connectivity index (χ2v) is 6.76. The minimum Gasteiger partial charge on any atom is -0.330 e. The van der Waals surface area contributed by atoms with Crippen molar-refractivity contribution in [3.8, 4) is 0 Å². The maximum absolute atomic E-state index is 5.93. The Bertz CT molecular complexity index is 372. The molecule has 1 heteroatoms. The van der Waals surface area contributed by atoms with Crippen LogP contribution in [0.1, 0.15) is 63.5 Å². The summed E-state index contributed by atoms with van der Waals surface area (Å²) in [5.41, 5.74) is 9.10. The molecule has 0 saturated heterocycles. The van der Waals surface area contributed by atoms with Gasteiger partial charge in [-0.3, -0.25) is 0 Å². The molecule has 100 valence electrons. The van der Waals surface area contributed by atoms with E-state index in [-0.39, 0.29) is 5.41 Å². The van der Waals surface area contributed by atoms with Gasteiger partial charge in [0, 0.05) is 0 Å². The third kappa shape index (κ3) is 2.95. The fourth-order valence-electron chi connectivity index (χ4n) is 3.16. The Kier molecular flexibility index (Phi) is 4.11. The van der Waals surface area contributed by atoms with E-state index in [1.54, 1.807) is 0 Å². The zero-order valence-electron chi connectivity index (χ0n) is 12.1. The second-order valence-electron chi connectivity index (χ2n) is 6.76. The molecule has 2 atom stereocenters. The number of rotatable bonds is 2. The van der Waals surface area contributed by atoms with E-state index in [0.29, 0.717) is 11.8 Å². The molecule has 0 aromatic heterocycles. The molecular weight excluding hydrogens is 218 g/mol. The van der Waals surface area contributed by atoms with Gasteiger partial charge in [-0.1, -0.05) is 57.9 Å². The Morgan fingerprint density at radius 3 is 2.22 bits per heavy atom. The summed E-state index contributed by atoms with van der Waals surface area (Å²) in [7, 11) is 0. The predicted octanol–water partition coefficient (Wildman–Crippen LogP) is 4.22. The Morgan fingerprint density at radius 1 is 1.06 bits per heavy atom. The maximum Gasteiger partial charge on any atom is -0.00430 e. The fourth-order valence-corrected chi connectivity index (χ4v) is 3.16. The molecule has 2 rings (SSSR count). The third-order valence-electron chi connectivity index (χ3n) is 4.42. The predicted molar refractivity (Wildman–Crippen MR) is 78.9 cm³/mol. The quantitative estimate of drug-likeness (QED) is 0.829. The lowest BCUT2D eigenvalue weighted by Crippen LogP contribution is -2.25. The van der Waals surface area contributed by atoms with Crippen LogP contribution in [0.3, 0.4) is 0 Å². The van der Waals surface area contributed by atoms with Gasteiger partial charge in [-0.15, -0.1) is 0 Å². The number of hydrogen-bond donors (Lipinski definition) is 1. The Labute approximate surface area is 112 Å². The molecule has 2 N–H and O–H groups in total. The van der Waals surface area contributed by atoms with Gasteiger partial charge in [-0.25, -0.2) is 0 Å². The van der Waals surface area contributed by atoms with E-state index < -0.39 is 0 Å². The smallest absolute Gasteiger partial charge is 0.00430 e. The molecule has 0 radical (unpaired) electrons. The summed E-state index contributed by atoms with van der Waals surface area (Å²) >= 11 is 0. The van der Waals surface area contributed by atoms with E-state index in [4.69, 9.17) is 5.73 Å². The minimum absolute atomic E-state index is 0.248. The van der Waals surface area contributed by atoms with Crippen molar-refractivity contribution in [1.29, 1.82) is 0 Å². The topological polar surface area (TPSA) is 26.0 Å². The van der Waals surface area contributed by atoms with Crippen molar-refractivity contribution in [2.45, 2.75) is 57.8 Å². The molecule has 0 spiro atoms. The van der Waals surface area contributed by atoms with Crippen molar-refractivity contribution >= 4 is 0 Å². The first-order valence-electron chi connectivity index (χ1n) is 7.33. The first kappa shape index (κ1) is 13.6. The molecule has 0 bridgehead atoms. The van der Waals surface area contributed by atoms with E-state index in [1.165, 1.54) is 36.8 Å². The molecule has 1 aliphatic rings.